The second kappa shape index (κ2) is 6.26. The Bertz CT molecular complexity index is 677. The Kier molecular flexibility index (Phi) is 4.48. The van der Waals surface area contributed by atoms with E-state index in [2.05, 4.69) is 28.7 Å². The molecule has 0 bridgehead atoms. The minimum atomic E-state index is -3.16. The summed E-state index contributed by atoms with van der Waals surface area (Å²) in [5.41, 5.74) is 1.24. The topological polar surface area (TPSA) is 65.9 Å². The maximum absolute atomic E-state index is 12.5. The molecule has 0 aromatic carbocycles. The zero-order valence-corrected chi connectivity index (χ0v) is 14.5. The van der Waals surface area contributed by atoms with Crippen molar-refractivity contribution in [3.63, 3.8) is 0 Å². The van der Waals surface area contributed by atoms with Crippen LogP contribution in [0.4, 0.5) is 0 Å². The lowest BCUT2D eigenvalue weighted by Crippen LogP contribution is -2.53. The van der Waals surface area contributed by atoms with E-state index in [1.165, 1.54) is 16.3 Å². The largest absolute Gasteiger partial charge is 0.349 e. The first-order chi connectivity index (χ1) is 10.9. The van der Waals surface area contributed by atoms with Crippen LogP contribution in [0, 0.1) is 0 Å². The van der Waals surface area contributed by atoms with E-state index in [-0.39, 0.29) is 11.9 Å². The molecule has 8 heteroatoms. The third-order valence-corrected chi connectivity index (χ3v) is 6.17. The van der Waals surface area contributed by atoms with Crippen molar-refractivity contribution < 1.29 is 13.2 Å². The molecule has 0 saturated carbocycles. The highest BCUT2D eigenvalue weighted by molar-refractivity contribution is 7.88. The normalized spacial score (nSPS) is 23.7. The lowest BCUT2D eigenvalue weighted by molar-refractivity contribution is -0.134. The predicted octanol–water partition coefficient (Wildman–Crippen LogP) is -0.0315. The Morgan fingerprint density at radius 2 is 1.87 bits per heavy atom. The summed E-state index contributed by atoms with van der Waals surface area (Å²) in [6, 6.07) is 4.37. The van der Waals surface area contributed by atoms with Crippen LogP contribution < -0.4 is 0 Å². The van der Waals surface area contributed by atoms with E-state index in [0.717, 1.165) is 13.1 Å². The van der Waals surface area contributed by atoms with Crippen LogP contribution >= 0.6 is 0 Å². The fourth-order valence-electron chi connectivity index (χ4n) is 3.39. The van der Waals surface area contributed by atoms with Gasteiger partial charge >= 0.3 is 0 Å². The number of nitrogens with zero attached hydrogens (tertiary/aromatic N) is 4. The van der Waals surface area contributed by atoms with E-state index in [0.29, 0.717) is 32.7 Å². The molecule has 0 radical (unpaired) electrons. The van der Waals surface area contributed by atoms with E-state index in [9.17, 15) is 13.2 Å². The van der Waals surface area contributed by atoms with E-state index in [4.69, 9.17) is 0 Å². The molecule has 0 N–H and O–H groups in total. The molecule has 0 unspecified atom stereocenters. The summed E-state index contributed by atoms with van der Waals surface area (Å²) < 4.78 is 26.7. The van der Waals surface area contributed by atoms with E-state index >= 15 is 0 Å². The van der Waals surface area contributed by atoms with E-state index in [1.54, 1.807) is 4.90 Å². The van der Waals surface area contributed by atoms with Crippen molar-refractivity contribution in [2.45, 2.75) is 19.5 Å². The fourth-order valence-corrected chi connectivity index (χ4v) is 4.21. The smallest absolute Gasteiger partial charge is 0.236 e. The van der Waals surface area contributed by atoms with Crippen molar-refractivity contribution in [2.75, 3.05) is 45.5 Å². The highest BCUT2D eigenvalue weighted by atomic mass is 32.2. The summed E-state index contributed by atoms with van der Waals surface area (Å²) in [5, 5.41) is 0. The average Bonchev–Trinajstić information content (AvgIpc) is 2.98. The molecule has 1 atom stereocenters. The zero-order chi connectivity index (χ0) is 16.6. The first-order valence-corrected chi connectivity index (χ1v) is 9.83. The SMILES string of the molecule is C[C@H]1c2cccn2CCN1CC(=O)N1CCN(S(C)(=O)=O)CC1. The van der Waals surface area contributed by atoms with Crippen molar-refractivity contribution >= 4 is 15.9 Å². The molecule has 0 spiro atoms. The molecule has 128 valence electrons. The quantitative estimate of drug-likeness (QED) is 0.775. The highest BCUT2D eigenvalue weighted by Crippen LogP contribution is 2.25. The molecule has 2 aliphatic rings. The number of fused-ring (bicyclic) bond motifs is 1. The number of hydrogen-bond acceptors (Lipinski definition) is 4. The Labute approximate surface area is 137 Å². The number of carbonyl (C=O) groups is 1. The van der Waals surface area contributed by atoms with Gasteiger partial charge in [0.15, 0.2) is 0 Å². The second-order valence-electron chi connectivity index (χ2n) is 6.32. The van der Waals surface area contributed by atoms with Crippen LogP contribution in [0.2, 0.25) is 0 Å². The third-order valence-electron chi connectivity index (χ3n) is 4.87. The van der Waals surface area contributed by atoms with E-state index in [1.807, 2.05) is 6.07 Å². The maximum Gasteiger partial charge on any atom is 0.236 e. The van der Waals surface area contributed by atoms with Gasteiger partial charge in [0.2, 0.25) is 15.9 Å². The minimum absolute atomic E-state index is 0.0880. The zero-order valence-electron chi connectivity index (χ0n) is 13.7. The molecule has 3 rings (SSSR count). The van der Waals surface area contributed by atoms with Gasteiger partial charge in [-0.25, -0.2) is 8.42 Å². The van der Waals surface area contributed by atoms with Crippen molar-refractivity contribution in [3.05, 3.63) is 24.0 Å². The maximum atomic E-state index is 12.5. The van der Waals surface area contributed by atoms with Crippen LogP contribution in [-0.4, -0.2) is 78.5 Å². The van der Waals surface area contributed by atoms with Crippen molar-refractivity contribution in [1.29, 1.82) is 0 Å². The number of rotatable bonds is 3. The van der Waals surface area contributed by atoms with Gasteiger partial charge in [-0.1, -0.05) is 0 Å². The van der Waals surface area contributed by atoms with Gasteiger partial charge in [-0.05, 0) is 19.1 Å². The Hall–Kier alpha value is -1.38. The molecule has 1 aromatic rings. The Balaban J connectivity index is 1.57. The summed E-state index contributed by atoms with van der Waals surface area (Å²) in [7, 11) is -3.16. The predicted molar refractivity (Wildman–Crippen MR) is 87.4 cm³/mol. The van der Waals surface area contributed by atoms with E-state index < -0.39 is 10.0 Å². The molecular formula is C15H24N4O3S. The molecule has 1 fully saturated rings. The number of sulfonamides is 1. The third kappa shape index (κ3) is 3.44. The van der Waals surface area contributed by atoms with Crippen molar-refractivity contribution in [3.8, 4) is 0 Å². The van der Waals surface area contributed by atoms with Crippen LogP contribution in [0.5, 0.6) is 0 Å². The summed E-state index contributed by atoms with van der Waals surface area (Å²) in [6.07, 6.45) is 3.30. The number of piperazine rings is 1. The molecule has 7 nitrogen and oxygen atoms in total. The summed E-state index contributed by atoms with van der Waals surface area (Å²) in [4.78, 5) is 16.5. The van der Waals surface area contributed by atoms with Crippen LogP contribution in [0.25, 0.3) is 0 Å². The monoisotopic (exact) mass is 340 g/mol. The van der Waals surface area contributed by atoms with Crippen molar-refractivity contribution in [2.24, 2.45) is 0 Å². The van der Waals surface area contributed by atoms with Gasteiger partial charge < -0.3 is 9.47 Å². The van der Waals surface area contributed by atoms with Gasteiger partial charge in [0, 0.05) is 57.2 Å². The molecule has 3 heterocycles. The van der Waals surface area contributed by atoms with Crippen LogP contribution in [0.15, 0.2) is 18.3 Å². The van der Waals surface area contributed by atoms with Gasteiger partial charge in [-0.3, -0.25) is 9.69 Å². The summed E-state index contributed by atoms with van der Waals surface area (Å²) >= 11 is 0. The van der Waals surface area contributed by atoms with Gasteiger partial charge in [0.25, 0.3) is 0 Å². The van der Waals surface area contributed by atoms with Gasteiger partial charge in [-0.2, -0.15) is 4.31 Å². The standard InChI is InChI=1S/C15H24N4O3S/c1-13-14-4-3-5-16(14)6-7-18(13)12-15(20)17-8-10-19(11-9-17)23(2,21)22/h3-5,13H,6-12H2,1-2H3/t13-/m0/s1. The lowest BCUT2D eigenvalue weighted by Gasteiger charge is -2.37. The molecule has 2 aliphatic heterocycles. The number of carbonyl (C=O) groups excluding carboxylic acids is 1. The van der Waals surface area contributed by atoms with Crippen LogP contribution in [-0.2, 0) is 21.4 Å². The number of hydrogen-bond donors (Lipinski definition) is 0. The first-order valence-electron chi connectivity index (χ1n) is 7.98. The molecule has 1 aromatic heterocycles. The van der Waals surface area contributed by atoms with Gasteiger partial charge in [0.05, 0.1) is 12.8 Å². The average molecular weight is 340 g/mol. The summed E-state index contributed by atoms with van der Waals surface area (Å²) in [5.74, 6) is 0.0880. The molecular weight excluding hydrogens is 316 g/mol. The van der Waals surface area contributed by atoms with Crippen LogP contribution in [0.3, 0.4) is 0 Å². The molecule has 1 saturated heterocycles. The summed E-state index contributed by atoms with van der Waals surface area (Å²) in [6.45, 7) is 6.02. The number of aromatic nitrogens is 1. The Morgan fingerprint density at radius 3 is 2.52 bits per heavy atom. The van der Waals surface area contributed by atoms with Crippen molar-refractivity contribution in [1.82, 2.24) is 18.7 Å². The lowest BCUT2D eigenvalue weighted by atomic mass is 10.1. The Morgan fingerprint density at radius 1 is 1.17 bits per heavy atom. The number of amides is 1. The van der Waals surface area contributed by atoms with Crippen LogP contribution in [0.1, 0.15) is 18.7 Å². The minimum Gasteiger partial charge on any atom is -0.349 e. The molecule has 23 heavy (non-hydrogen) atoms. The van der Waals surface area contributed by atoms with Gasteiger partial charge in [-0.15, -0.1) is 0 Å². The molecule has 0 aliphatic carbocycles. The molecule has 1 amide bonds. The highest BCUT2D eigenvalue weighted by Gasteiger charge is 2.29. The second-order valence-corrected chi connectivity index (χ2v) is 8.30. The van der Waals surface area contributed by atoms with Gasteiger partial charge in [0.1, 0.15) is 0 Å². The first kappa shape index (κ1) is 16.5. The fraction of sp³-hybridized carbons (Fsp3) is 0.667.